The first-order valence-electron chi connectivity index (χ1n) is 7.63. The third-order valence-corrected chi connectivity index (χ3v) is 4.54. The lowest BCUT2D eigenvalue weighted by Crippen LogP contribution is -2.45. The van der Waals surface area contributed by atoms with E-state index < -0.39 is 6.10 Å². The van der Waals surface area contributed by atoms with Crippen molar-refractivity contribution in [2.75, 3.05) is 14.2 Å². The number of benzene rings is 1. The Balaban J connectivity index is 1.94. The molecule has 0 bridgehead atoms. The van der Waals surface area contributed by atoms with Gasteiger partial charge in [0, 0.05) is 12.1 Å². The molecule has 0 aromatic heterocycles. The minimum atomic E-state index is -0.449. The van der Waals surface area contributed by atoms with E-state index in [9.17, 15) is 9.90 Å². The molecule has 1 aromatic carbocycles. The van der Waals surface area contributed by atoms with E-state index in [0.29, 0.717) is 18.9 Å². The van der Waals surface area contributed by atoms with Crippen LogP contribution in [0.15, 0.2) is 30.3 Å². The summed E-state index contributed by atoms with van der Waals surface area (Å²) in [5, 5.41) is 10.4. The zero-order valence-electron chi connectivity index (χ0n) is 12.9. The molecule has 21 heavy (non-hydrogen) atoms. The van der Waals surface area contributed by atoms with Gasteiger partial charge < -0.3 is 9.84 Å². The number of carbonyl (C=O) groups excluding carboxylic acids is 1. The molecule has 0 radical (unpaired) electrons. The number of likely N-dealkylation sites (tertiary alicyclic amines) is 1. The number of ether oxygens (including phenoxy) is 1. The van der Waals surface area contributed by atoms with Crippen LogP contribution >= 0.6 is 0 Å². The van der Waals surface area contributed by atoms with Crippen LogP contribution in [0, 0.1) is 0 Å². The molecule has 1 heterocycles. The molecule has 1 saturated heterocycles. The van der Waals surface area contributed by atoms with Gasteiger partial charge in [-0.25, -0.2) is 0 Å². The van der Waals surface area contributed by atoms with Crippen molar-refractivity contribution in [3.05, 3.63) is 35.9 Å². The minimum Gasteiger partial charge on any atom is -0.469 e. The van der Waals surface area contributed by atoms with Gasteiger partial charge in [-0.15, -0.1) is 0 Å². The molecule has 1 aliphatic rings. The quantitative estimate of drug-likeness (QED) is 0.847. The smallest absolute Gasteiger partial charge is 0.307 e. The average molecular weight is 291 g/mol. The number of methoxy groups -OCH3 is 1. The molecule has 4 nitrogen and oxygen atoms in total. The molecule has 3 atom stereocenters. The van der Waals surface area contributed by atoms with Gasteiger partial charge in [-0.3, -0.25) is 9.69 Å². The Hall–Kier alpha value is -1.39. The first kappa shape index (κ1) is 16.0. The second-order valence-corrected chi connectivity index (χ2v) is 5.85. The summed E-state index contributed by atoms with van der Waals surface area (Å²) in [7, 11) is 3.48. The number of aliphatic hydroxyl groups excluding tert-OH is 1. The third-order valence-electron chi connectivity index (χ3n) is 4.54. The van der Waals surface area contributed by atoms with E-state index in [1.165, 1.54) is 7.11 Å². The lowest BCUT2D eigenvalue weighted by Gasteiger charge is -2.40. The van der Waals surface area contributed by atoms with Gasteiger partial charge in [0.25, 0.3) is 0 Å². The summed E-state index contributed by atoms with van der Waals surface area (Å²) < 4.78 is 4.77. The molecule has 1 aliphatic heterocycles. The number of aliphatic hydroxyl groups is 1. The zero-order valence-corrected chi connectivity index (χ0v) is 12.9. The summed E-state index contributed by atoms with van der Waals surface area (Å²) in [6.07, 6.45) is 3.87. The molecule has 1 fully saturated rings. The first-order chi connectivity index (χ1) is 10.1. The fourth-order valence-electron chi connectivity index (χ4n) is 3.17. The predicted octanol–water partition coefficient (Wildman–Crippen LogP) is 2.53. The molecule has 0 saturated carbocycles. The Morgan fingerprint density at radius 2 is 2.00 bits per heavy atom. The van der Waals surface area contributed by atoms with Crippen molar-refractivity contribution in [3.63, 3.8) is 0 Å². The Labute approximate surface area is 126 Å². The van der Waals surface area contributed by atoms with Gasteiger partial charge in [0.15, 0.2) is 0 Å². The molecule has 4 heteroatoms. The van der Waals surface area contributed by atoms with Gasteiger partial charge in [0.1, 0.15) is 0 Å². The van der Waals surface area contributed by atoms with Crippen LogP contribution < -0.4 is 0 Å². The summed E-state index contributed by atoms with van der Waals surface area (Å²) in [5.41, 5.74) is 0.959. The SMILES string of the molecule is COC(=O)C[C@H]1CCC[C@@H](C[C@H](O)c2ccccc2)N1C. The summed E-state index contributed by atoms with van der Waals surface area (Å²) in [5.74, 6) is -0.156. The number of piperidine rings is 1. The monoisotopic (exact) mass is 291 g/mol. The fourth-order valence-corrected chi connectivity index (χ4v) is 3.17. The van der Waals surface area contributed by atoms with Gasteiger partial charge in [-0.2, -0.15) is 0 Å². The van der Waals surface area contributed by atoms with Crippen LogP contribution in [0.5, 0.6) is 0 Å². The van der Waals surface area contributed by atoms with Crippen molar-refractivity contribution in [2.24, 2.45) is 0 Å². The van der Waals surface area contributed by atoms with E-state index in [1.807, 2.05) is 30.3 Å². The van der Waals surface area contributed by atoms with Crippen molar-refractivity contribution in [3.8, 4) is 0 Å². The molecule has 0 spiro atoms. The molecule has 1 aromatic rings. The van der Waals surface area contributed by atoms with Crippen molar-refractivity contribution in [1.82, 2.24) is 4.90 Å². The van der Waals surface area contributed by atoms with E-state index in [-0.39, 0.29) is 12.0 Å². The number of hydrogen-bond acceptors (Lipinski definition) is 4. The van der Waals surface area contributed by atoms with Crippen LogP contribution in [0.25, 0.3) is 0 Å². The predicted molar refractivity (Wildman–Crippen MR) is 81.8 cm³/mol. The van der Waals surface area contributed by atoms with Crippen LogP contribution in [0.2, 0.25) is 0 Å². The molecule has 1 N–H and O–H groups in total. The van der Waals surface area contributed by atoms with Gasteiger partial charge in [0.2, 0.25) is 0 Å². The Bertz CT molecular complexity index is 449. The van der Waals surface area contributed by atoms with Crippen molar-refractivity contribution in [1.29, 1.82) is 0 Å². The Morgan fingerprint density at radius 1 is 1.33 bits per heavy atom. The fraction of sp³-hybridized carbons (Fsp3) is 0.588. The van der Waals surface area contributed by atoms with Crippen molar-refractivity contribution >= 4 is 5.97 Å². The van der Waals surface area contributed by atoms with Crippen LogP contribution in [-0.4, -0.2) is 42.2 Å². The second-order valence-electron chi connectivity index (χ2n) is 5.85. The minimum absolute atomic E-state index is 0.156. The topological polar surface area (TPSA) is 49.8 Å². The van der Waals surface area contributed by atoms with Crippen LogP contribution in [0.1, 0.15) is 43.8 Å². The molecular weight excluding hydrogens is 266 g/mol. The highest BCUT2D eigenvalue weighted by atomic mass is 16.5. The van der Waals surface area contributed by atoms with Gasteiger partial charge in [-0.05, 0) is 31.9 Å². The van der Waals surface area contributed by atoms with E-state index >= 15 is 0 Å². The molecule has 2 rings (SSSR count). The summed E-state index contributed by atoms with van der Waals surface area (Å²) in [4.78, 5) is 13.7. The highest BCUT2D eigenvalue weighted by Crippen LogP contribution is 2.29. The molecule has 0 amide bonds. The van der Waals surface area contributed by atoms with Gasteiger partial charge >= 0.3 is 5.97 Å². The molecular formula is C17H25NO3. The van der Waals surface area contributed by atoms with E-state index in [0.717, 1.165) is 24.8 Å². The molecule has 0 unspecified atom stereocenters. The molecule has 116 valence electrons. The maximum Gasteiger partial charge on any atom is 0.307 e. The molecule has 0 aliphatic carbocycles. The van der Waals surface area contributed by atoms with Gasteiger partial charge in [0.05, 0.1) is 19.6 Å². The normalized spacial score (nSPS) is 24.5. The van der Waals surface area contributed by atoms with Crippen molar-refractivity contribution < 1.29 is 14.6 Å². The summed E-state index contributed by atoms with van der Waals surface area (Å²) >= 11 is 0. The van der Waals surface area contributed by atoms with E-state index in [2.05, 4.69) is 11.9 Å². The Kier molecular flexibility index (Phi) is 5.76. The van der Waals surface area contributed by atoms with Gasteiger partial charge in [-0.1, -0.05) is 36.8 Å². The van der Waals surface area contributed by atoms with E-state index in [1.54, 1.807) is 0 Å². The first-order valence-corrected chi connectivity index (χ1v) is 7.63. The highest BCUT2D eigenvalue weighted by Gasteiger charge is 2.30. The summed E-state index contributed by atoms with van der Waals surface area (Å²) in [6.45, 7) is 0. The van der Waals surface area contributed by atoms with E-state index in [4.69, 9.17) is 4.74 Å². The maximum absolute atomic E-state index is 11.5. The lowest BCUT2D eigenvalue weighted by atomic mass is 9.90. The average Bonchev–Trinajstić information content (AvgIpc) is 2.52. The standard InChI is InChI=1S/C17H25NO3/c1-18-14(9-6-10-15(18)12-17(20)21-2)11-16(19)13-7-4-3-5-8-13/h3-5,7-8,14-16,19H,6,9-12H2,1-2H3/t14-,15+,16-/m0/s1. The maximum atomic E-state index is 11.5. The number of carbonyl (C=O) groups is 1. The summed E-state index contributed by atoms with van der Waals surface area (Å²) in [6, 6.07) is 10.3. The van der Waals surface area contributed by atoms with Crippen LogP contribution in [0.4, 0.5) is 0 Å². The Morgan fingerprint density at radius 3 is 2.67 bits per heavy atom. The highest BCUT2D eigenvalue weighted by molar-refractivity contribution is 5.69. The van der Waals surface area contributed by atoms with Crippen LogP contribution in [-0.2, 0) is 9.53 Å². The number of esters is 1. The van der Waals surface area contributed by atoms with Crippen LogP contribution in [0.3, 0.4) is 0 Å². The number of rotatable bonds is 5. The number of nitrogens with zero attached hydrogens (tertiary/aromatic N) is 1. The third kappa shape index (κ3) is 4.29. The second kappa shape index (κ2) is 7.57. The number of hydrogen-bond donors (Lipinski definition) is 1. The lowest BCUT2D eigenvalue weighted by molar-refractivity contribution is -0.142. The largest absolute Gasteiger partial charge is 0.469 e. The zero-order chi connectivity index (χ0) is 15.2. The van der Waals surface area contributed by atoms with Crippen molar-refractivity contribution in [2.45, 2.75) is 50.3 Å².